The van der Waals surface area contributed by atoms with Crippen molar-refractivity contribution in [3.05, 3.63) is 58.1 Å². The van der Waals surface area contributed by atoms with Crippen molar-refractivity contribution in [2.45, 2.75) is 33.6 Å². The highest BCUT2D eigenvalue weighted by Crippen LogP contribution is 2.25. The number of benzene rings is 2. The Morgan fingerprint density at radius 3 is 2.45 bits per heavy atom. The number of esters is 1. The highest BCUT2D eigenvalue weighted by molar-refractivity contribution is 7.92. The average molecular weight is 467 g/mol. The number of carbonyl (C=O) groups excluding carboxylic acids is 2. The van der Waals surface area contributed by atoms with E-state index in [0.717, 1.165) is 17.4 Å². The van der Waals surface area contributed by atoms with Gasteiger partial charge in [-0.15, -0.1) is 0 Å². The predicted molar refractivity (Wildman–Crippen MR) is 123 cm³/mol. The summed E-state index contributed by atoms with van der Waals surface area (Å²) in [5.74, 6) is -0.813. The molecule has 1 amide bonds. The molecule has 7 nitrogen and oxygen atoms in total. The van der Waals surface area contributed by atoms with Crippen molar-refractivity contribution in [1.82, 2.24) is 0 Å². The van der Waals surface area contributed by atoms with E-state index >= 15 is 0 Å². The fourth-order valence-electron chi connectivity index (χ4n) is 3.03. The molecule has 2 rings (SSSR count). The number of nitrogens with one attached hydrogen (secondary N) is 1. The molecule has 0 fully saturated rings. The second kappa shape index (κ2) is 10.6. The summed E-state index contributed by atoms with van der Waals surface area (Å²) >= 11 is 6.11. The highest BCUT2D eigenvalue weighted by Gasteiger charge is 2.20. The lowest BCUT2D eigenvalue weighted by Gasteiger charge is -2.24. The van der Waals surface area contributed by atoms with Gasteiger partial charge in [-0.25, -0.2) is 13.2 Å². The van der Waals surface area contributed by atoms with E-state index < -0.39 is 16.0 Å². The van der Waals surface area contributed by atoms with Crippen LogP contribution in [0.2, 0.25) is 5.02 Å². The fourth-order valence-corrected chi connectivity index (χ4v) is 4.30. The molecule has 2 aromatic carbocycles. The quantitative estimate of drug-likeness (QED) is 0.555. The van der Waals surface area contributed by atoms with Crippen LogP contribution in [-0.2, 0) is 19.6 Å². The third-order valence-corrected chi connectivity index (χ3v) is 6.04. The molecule has 0 saturated heterocycles. The SMILES string of the molecule is CCOC(=O)c1ccc(NC(=O)CCCN(c2cc(C)ccc2C)S(C)(=O)=O)cc1Cl. The van der Waals surface area contributed by atoms with Crippen molar-refractivity contribution < 1.29 is 22.7 Å². The number of hydrogen-bond donors (Lipinski definition) is 1. The number of nitrogens with zero attached hydrogens (tertiary/aromatic N) is 1. The lowest BCUT2D eigenvalue weighted by atomic mass is 10.1. The molecule has 0 aliphatic rings. The standard InChI is InChI=1S/C22H27ClN2O5S/c1-5-30-22(27)18-11-10-17(14-19(18)23)24-21(26)7-6-12-25(31(4,28)29)20-13-15(2)8-9-16(20)3/h8-11,13-14H,5-7,12H2,1-4H3,(H,24,26). The maximum absolute atomic E-state index is 12.3. The van der Waals surface area contributed by atoms with Gasteiger partial charge in [0.1, 0.15) is 0 Å². The fraction of sp³-hybridized carbons (Fsp3) is 0.364. The molecule has 31 heavy (non-hydrogen) atoms. The second-order valence-corrected chi connectivity index (χ2v) is 9.51. The van der Waals surface area contributed by atoms with Gasteiger partial charge >= 0.3 is 5.97 Å². The van der Waals surface area contributed by atoms with Crippen molar-refractivity contribution in [3.8, 4) is 0 Å². The first-order valence-electron chi connectivity index (χ1n) is 9.84. The zero-order valence-electron chi connectivity index (χ0n) is 18.1. The molecule has 0 unspecified atom stereocenters. The Kier molecular flexibility index (Phi) is 8.47. The Morgan fingerprint density at radius 2 is 1.84 bits per heavy atom. The van der Waals surface area contributed by atoms with Crippen LogP contribution in [0.5, 0.6) is 0 Å². The van der Waals surface area contributed by atoms with Crippen molar-refractivity contribution in [2.24, 2.45) is 0 Å². The van der Waals surface area contributed by atoms with Gasteiger partial charge in [0.05, 0.1) is 29.1 Å². The third-order valence-electron chi connectivity index (χ3n) is 4.55. The van der Waals surface area contributed by atoms with Crippen LogP contribution in [0, 0.1) is 13.8 Å². The Bertz CT molecular complexity index is 1070. The van der Waals surface area contributed by atoms with Crippen LogP contribution in [0.15, 0.2) is 36.4 Å². The molecule has 0 aromatic heterocycles. The second-order valence-electron chi connectivity index (χ2n) is 7.19. The van der Waals surface area contributed by atoms with E-state index in [9.17, 15) is 18.0 Å². The zero-order chi connectivity index (χ0) is 23.2. The maximum Gasteiger partial charge on any atom is 0.339 e. The van der Waals surface area contributed by atoms with E-state index in [1.54, 1.807) is 13.0 Å². The maximum atomic E-state index is 12.3. The number of amides is 1. The van der Waals surface area contributed by atoms with E-state index in [4.69, 9.17) is 16.3 Å². The molecule has 0 saturated carbocycles. The summed E-state index contributed by atoms with van der Waals surface area (Å²) in [5.41, 5.74) is 3.08. The number of hydrogen-bond acceptors (Lipinski definition) is 5. The Morgan fingerprint density at radius 1 is 1.13 bits per heavy atom. The number of aryl methyl sites for hydroxylation is 2. The molecule has 9 heteroatoms. The average Bonchev–Trinajstić information content (AvgIpc) is 2.66. The lowest BCUT2D eigenvalue weighted by Crippen LogP contribution is -2.32. The summed E-state index contributed by atoms with van der Waals surface area (Å²) in [6, 6.07) is 10.1. The van der Waals surface area contributed by atoms with E-state index in [1.165, 1.54) is 16.4 Å². The Hall–Kier alpha value is -2.58. The Balaban J connectivity index is 2.01. The molecule has 0 atom stereocenters. The van der Waals surface area contributed by atoms with Crippen molar-refractivity contribution >= 4 is 44.9 Å². The molecule has 0 aliphatic carbocycles. The Labute approximate surface area is 188 Å². The lowest BCUT2D eigenvalue weighted by molar-refractivity contribution is -0.116. The van der Waals surface area contributed by atoms with Crippen LogP contribution in [0.4, 0.5) is 11.4 Å². The van der Waals surface area contributed by atoms with Gasteiger partial charge in [-0.3, -0.25) is 9.10 Å². The predicted octanol–water partition coefficient (Wildman–Crippen LogP) is 4.32. The molecule has 1 N–H and O–H groups in total. The van der Waals surface area contributed by atoms with Gasteiger partial charge in [0, 0.05) is 18.7 Å². The minimum Gasteiger partial charge on any atom is -0.462 e. The topological polar surface area (TPSA) is 92.8 Å². The number of carbonyl (C=O) groups is 2. The largest absolute Gasteiger partial charge is 0.462 e. The summed E-state index contributed by atoms with van der Waals surface area (Å²) in [4.78, 5) is 24.1. The monoisotopic (exact) mass is 466 g/mol. The van der Waals surface area contributed by atoms with E-state index in [1.807, 2.05) is 32.0 Å². The smallest absolute Gasteiger partial charge is 0.339 e. The highest BCUT2D eigenvalue weighted by atomic mass is 35.5. The molecular weight excluding hydrogens is 440 g/mol. The summed E-state index contributed by atoms with van der Waals surface area (Å²) in [6.07, 6.45) is 1.61. The van der Waals surface area contributed by atoms with Gasteiger partial charge in [-0.05, 0) is 62.6 Å². The zero-order valence-corrected chi connectivity index (χ0v) is 19.6. The normalized spacial score (nSPS) is 11.1. The van der Waals surface area contributed by atoms with Crippen LogP contribution in [-0.4, -0.2) is 39.7 Å². The van der Waals surface area contributed by atoms with Gasteiger partial charge in [-0.2, -0.15) is 0 Å². The number of halogens is 1. The van der Waals surface area contributed by atoms with Gasteiger partial charge in [0.15, 0.2) is 0 Å². The minimum absolute atomic E-state index is 0.119. The van der Waals surface area contributed by atoms with Crippen LogP contribution in [0.1, 0.15) is 41.3 Å². The molecular formula is C22H27ClN2O5S. The van der Waals surface area contributed by atoms with Crippen molar-refractivity contribution in [2.75, 3.05) is 29.0 Å². The van der Waals surface area contributed by atoms with Gasteiger partial charge in [0.2, 0.25) is 15.9 Å². The molecule has 0 radical (unpaired) electrons. The van der Waals surface area contributed by atoms with Crippen LogP contribution in [0.3, 0.4) is 0 Å². The van der Waals surface area contributed by atoms with Gasteiger partial charge in [-0.1, -0.05) is 23.7 Å². The molecule has 168 valence electrons. The first kappa shape index (κ1) is 24.7. The number of ether oxygens (including phenoxy) is 1. The summed E-state index contributed by atoms with van der Waals surface area (Å²) in [6.45, 7) is 5.86. The number of anilines is 2. The summed E-state index contributed by atoms with van der Waals surface area (Å²) < 4.78 is 30.9. The molecule has 0 aliphatic heterocycles. The molecule has 2 aromatic rings. The van der Waals surface area contributed by atoms with Gasteiger partial charge < -0.3 is 10.1 Å². The number of rotatable bonds is 9. The molecule has 0 heterocycles. The van der Waals surface area contributed by atoms with Crippen molar-refractivity contribution in [1.29, 1.82) is 0 Å². The van der Waals surface area contributed by atoms with Crippen molar-refractivity contribution in [3.63, 3.8) is 0 Å². The van der Waals surface area contributed by atoms with E-state index in [0.29, 0.717) is 17.8 Å². The first-order valence-corrected chi connectivity index (χ1v) is 12.1. The third kappa shape index (κ3) is 6.97. The van der Waals surface area contributed by atoms with Crippen LogP contribution < -0.4 is 9.62 Å². The summed E-state index contributed by atoms with van der Waals surface area (Å²) in [5, 5.41) is 2.89. The van der Waals surface area contributed by atoms with E-state index in [-0.39, 0.29) is 36.1 Å². The molecule has 0 bridgehead atoms. The first-order chi connectivity index (χ1) is 14.5. The summed E-state index contributed by atoms with van der Waals surface area (Å²) in [7, 11) is -3.50. The number of sulfonamides is 1. The minimum atomic E-state index is -3.50. The van der Waals surface area contributed by atoms with Gasteiger partial charge in [0.25, 0.3) is 0 Å². The van der Waals surface area contributed by atoms with Crippen LogP contribution in [0.25, 0.3) is 0 Å². The van der Waals surface area contributed by atoms with E-state index in [2.05, 4.69) is 5.32 Å². The van der Waals surface area contributed by atoms with Crippen LogP contribution >= 0.6 is 11.6 Å². The molecule has 0 spiro atoms.